The van der Waals surface area contributed by atoms with Crippen LogP contribution in [0.3, 0.4) is 0 Å². The molecule has 0 radical (unpaired) electrons. The van der Waals surface area contributed by atoms with Gasteiger partial charge in [0, 0.05) is 0 Å². The van der Waals surface area contributed by atoms with Crippen LogP contribution in [0.2, 0.25) is 0 Å². The summed E-state index contributed by atoms with van der Waals surface area (Å²) >= 11 is 5.65. The summed E-state index contributed by atoms with van der Waals surface area (Å²) < 4.78 is 10.3. The summed E-state index contributed by atoms with van der Waals surface area (Å²) in [5, 5.41) is 0. The quantitative estimate of drug-likeness (QED) is 0.695. The number of aryl methyl sites for hydroxylation is 1. The van der Waals surface area contributed by atoms with Crippen molar-refractivity contribution in [1.29, 1.82) is 0 Å². The molecule has 2 aromatic rings. The molecule has 0 aliphatic heterocycles. The molecule has 0 amide bonds. The van der Waals surface area contributed by atoms with Crippen LogP contribution in [0.5, 0.6) is 0 Å². The van der Waals surface area contributed by atoms with E-state index in [2.05, 4.69) is 4.98 Å². The van der Waals surface area contributed by atoms with Crippen LogP contribution in [0.15, 0.2) is 27.4 Å². The van der Waals surface area contributed by atoms with Crippen molar-refractivity contribution in [3.8, 4) is 11.5 Å². The molecule has 0 saturated heterocycles. The van der Waals surface area contributed by atoms with E-state index in [4.69, 9.17) is 20.4 Å². The zero-order valence-electron chi connectivity index (χ0n) is 7.08. The predicted octanol–water partition coefficient (Wildman–Crippen LogP) is 2.98. The summed E-state index contributed by atoms with van der Waals surface area (Å²) in [6.07, 6.45) is 3.17. The highest BCUT2D eigenvalue weighted by Gasteiger charge is 2.10. The highest BCUT2D eigenvalue weighted by Crippen LogP contribution is 2.22. The van der Waals surface area contributed by atoms with Crippen LogP contribution in [-0.2, 0) is 5.88 Å². The first-order chi connectivity index (χ1) is 6.31. The monoisotopic (exact) mass is 197 g/mol. The molecule has 0 spiro atoms. The minimum absolute atomic E-state index is 0.344. The Morgan fingerprint density at radius 2 is 2.38 bits per heavy atom. The first kappa shape index (κ1) is 8.38. The van der Waals surface area contributed by atoms with Crippen molar-refractivity contribution >= 4 is 11.6 Å². The van der Waals surface area contributed by atoms with E-state index in [-0.39, 0.29) is 0 Å². The van der Waals surface area contributed by atoms with E-state index in [0.29, 0.717) is 17.5 Å². The Hall–Kier alpha value is -1.22. The summed E-state index contributed by atoms with van der Waals surface area (Å²) in [5.41, 5.74) is 1.66. The maximum Gasteiger partial charge on any atom is 0.229 e. The number of nitrogens with zero attached hydrogens (tertiary/aromatic N) is 1. The average molecular weight is 198 g/mol. The van der Waals surface area contributed by atoms with Crippen LogP contribution < -0.4 is 0 Å². The van der Waals surface area contributed by atoms with Crippen LogP contribution in [0.4, 0.5) is 0 Å². The summed E-state index contributed by atoms with van der Waals surface area (Å²) in [5.74, 6) is 1.61. The van der Waals surface area contributed by atoms with Gasteiger partial charge in [0.15, 0.2) is 0 Å². The van der Waals surface area contributed by atoms with E-state index in [9.17, 15) is 0 Å². The molecule has 4 heteroatoms. The first-order valence-electron chi connectivity index (χ1n) is 3.86. The molecule has 0 aliphatic rings. The molecule has 3 nitrogen and oxygen atoms in total. The number of oxazole rings is 1. The highest BCUT2D eigenvalue weighted by molar-refractivity contribution is 6.16. The minimum Gasteiger partial charge on any atom is -0.472 e. The Kier molecular flexibility index (Phi) is 2.10. The zero-order valence-corrected chi connectivity index (χ0v) is 7.84. The third-order valence-electron chi connectivity index (χ3n) is 1.78. The lowest BCUT2D eigenvalue weighted by Crippen LogP contribution is -1.76. The maximum atomic E-state index is 5.65. The molecule has 0 atom stereocenters. The Balaban J connectivity index is 2.43. The Morgan fingerprint density at radius 3 is 2.92 bits per heavy atom. The van der Waals surface area contributed by atoms with Gasteiger partial charge in [0.05, 0.1) is 23.4 Å². The lowest BCUT2D eigenvalue weighted by atomic mass is 10.3. The number of hydrogen-bond donors (Lipinski definition) is 0. The highest BCUT2D eigenvalue weighted by atomic mass is 35.5. The fourth-order valence-electron chi connectivity index (χ4n) is 1.06. The van der Waals surface area contributed by atoms with Crippen molar-refractivity contribution in [2.75, 3.05) is 0 Å². The van der Waals surface area contributed by atoms with Crippen molar-refractivity contribution in [3.05, 3.63) is 30.0 Å². The molecule has 0 aromatic carbocycles. The molecule has 2 aromatic heterocycles. The van der Waals surface area contributed by atoms with Crippen LogP contribution in [0, 0.1) is 6.92 Å². The zero-order chi connectivity index (χ0) is 9.26. The molecular formula is C9H8ClNO2. The standard InChI is InChI=1S/C9H8ClNO2/c1-6-8(4-10)13-9(11-6)7-2-3-12-5-7/h2-3,5H,4H2,1H3. The molecule has 13 heavy (non-hydrogen) atoms. The minimum atomic E-state index is 0.344. The number of alkyl halides is 1. The number of hydrogen-bond acceptors (Lipinski definition) is 3. The van der Waals surface area contributed by atoms with Crippen molar-refractivity contribution < 1.29 is 8.83 Å². The van der Waals surface area contributed by atoms with Crippen LogP contribution in [0.25, 0.3) is 11.5 Å². The molecule has 0 fully saturated rings. The van der Waals surface area contributed by atoms with E-state index in [1.165, 1.54) is 0 Å². The van der Waals surface area contributed by atoms with E-state index in [0.717, 1.165) is 11.3 Å². The third kappa shape index (κ3) is 1.47. The summed E-state index contributed by atoms with van der Waals surface area (Å²) in [6.45, 7) is 1.87. The lowest BCUT2D eigenvalue weighted by molar-refractivity contribution is 0.531. The van der Waals surface area contributed by atoms with Gasteiger partial charge in [-0.1, -0.05) is 0 Å². The Bertz CT molecular complexity index is 392. The topological polar surface area (TPSA) is 39.2 Å². The number of rotatable bonds is 2. The lowest BCUT2D eigenvalue weighted by Gasteiger charge is -1.86. The molecule has 0 N–H and O–H groups in total. The van der Waals surface area contributed by atoms with E-state index in [1.54, 1.807) is 18.6 Å². The van der Waals surface area contributed by atoms with Crippen molar-refractivity contribution in [2.45, 2.75) is 12.8 Å². The molecule has 2 rings (SSSR count). The van der Waals surface area contributed by atoms with Crippen molar-refractivity contribution in [1.82, 2.24) is 4.98 Å². The van der Waals surface area contributed by atoms with Crippen LogP contribution in [0.1, 0.15) is 11.5 Å². The molecule has 68 valence electrons. The Morgan fingerprint density at radius 1 is 1.54 bits per heavy atom. The smallest absolute Gasteiger partial charge is 0.229 e. The van der Waals surface area contributed by atoms with Gasteiger partial charge in [-0.2, -0.15) is 0 Å². The Labute approximate surface area is 80.3 Å². The van der Waals surface area contributed by atoms with Gasteiger partial charge >= 0.3 is 0 Å². The molecule has 0 saturated carbocycles. The van der Waals surface area contributed by atoms with E-state index in [1.807, 2.05) is 6.92 Å². The fourth-order valence-corrected chi connectivity index (χ4v) is 1.31. The third-order valence-corrected chi connectivity index (χ3v) is 2.02. The van der Waals surface area contributed by atoms with Gasteiger partial charge in [0.1, 0.15) is 12.0 Å². The maximum absolute atomic E-state index is 5.65. The summed E-state index contributed by atoms with van der Waals surface area (Å²) in [6, 6.07) is 1.79. The van der Waals surface area contributed by atoms with Crippen molar-refractivity contribution in [2.24, 2.45) is 0 Å². The second kappa shape index (κ2) is 3.26. The molecule has 0 bridgehead atoms. The van der Waals surface area contributed by atoms with Crippen LogP contribution in [-0.4, -0.2) is 4.98 Å². The second-order valence-electron chi connectivity index (χ2n) is 2.67. The van der Waals surface area contributed by atoms with Crippen molar-refractivity contribution in [3.63, 3.8) is 0 Å². The predicted molar refractivity (Wildman–Crippen MR) is 48.5 cm³/mol. The van der Waals surface area contributed by atoms with Crippen LogP contribution >= 0.6 is 11.6 Å². The van der Waals surface area contributed by atoms with E-state index >= 15 is 0 Å². The number of halogens is 1. The van der Waals surface area contributed by atoms with Gasteiger partial charge in [-0.05, 0) is 13.0 Å². The largest absolute Gasteiger partial charge is 0.472 e. The first-order valence-corrected chi connectivity index (χ1v) is 4.39. The normalized spacial score (nSPS) is 10.6. The molecular weight excluding hydrogens is 190 g/mol. The van der Waals surface area contributed by atoms with Gasteiger partial charge in [-0.3, -0.25) is 0 Å². The average Bonchev–Trinajstić information content (AvgIpc) is 2.71. The summed E-state index contributed by atoms with van der Waals surface area (Å²) in [4.78, 5) is 4.21. The van der Waals surface area contributed by atoms with E-state index < -0.39 is 0 Å². The van der Waals surface area contributed by atoms with Gasteiger partial charge in [-0.25, -0.2) is 4.98 Å². The molecule has 2 heterocycles. The number of furan rings is 1. The van der Waals surface area contributed by atoms with Gasteiger partial charge in [-0.15, -0.1) is 11.6 Å². The SMILES string of the molecule is Cc1nc(-c2ccoc2)oc1CCl. The fraction of sp³-hybridized carbons (Fsp3) is 0.222. The molecule has 0 aliphatic carbocycles. The summed E-state index contributed by atoms with van der Waals surface area (Å²) in [7, 11) is 0. The molecule has 0 unspecified atom stereocenters. The number of aromatic nitrogens is 1. The van der Waals surface area contributed by atoms with Gasteiger partial charge in [0.25, 0.3) is 0 Å². The second-order valence-corrected chi connectivity index (χ2v) is 2.94. The van der Waals surface area contributed by atoms with Gasteiger partial charge < -0.3 is 8.83 Å². The van der Waals surface area contributed by atoms with Gasteiger partial charge in [0.2, 0.25) is 5.89 Å².